The summed E-state index contributed by atoms with van der Waals surface area (Å²) in [6.07, 6.45) is 0. The molecule has 0 bridgehead atoms. The number of rotatable bonds is 4. The second-order valence-electron chi connectivity index (χ2n) is 4.47. The van der Waals surface area contributed by atoms with Gasteiger partial charge in [0.25, 0.3) is 5.91 Å². The molecular formula is C14H19NO3. The molecule has 0 fully saturated rings. The van der Waals surface area contributed by atoms with Crippen molar-refractivity contribution >= 4 is 11.9 Å². The van der Waals surface area contributed by atoms with E-state index in [4.69, 9.17) is 0 Å². The number of aryl methyl sites for hydroxylation is 1. The Morgan fingerprint density at radius 1 is 1.33 bits per heavy atom. The number of hydrogen-bond acceptors (Lipinski definition) is 3. The number of benzene rings is 1. The third kappa shape index (κ3) is 3.58. The second kappa shape index (κ2) is 6.19. The zero-order valence-corrected chi connectivity index (χ0v) is 11.3. The maximum Gasteiger partial charge on any atom is 0.325 e. The first-order valence-corrected chi connectivity index (χ1v) is 5.90. The molecule has 0 aromatic heterocycles. The number of hydrogen-bond donors (Lipinski definition) is 0. The Bertz CT molecular complexity index is 440. The van der Waals surface area contributed by atoms with Crippen LogP contribution in [-0.2, 0) is 9.53 Å². The van der Waals surface area contributed by atoms with Crippen LogP contribution in [0.2, 0.25) is 0 Å². The lowest BCUT2D eigenvalue weighted by Crippen LogP contribution is -2.41. The summed E-state index contributed by atoms with van der Waals surface area (Å²) >= 11 is 0. The summed E-state index contributed by atoms with van der Waals surface area (Å²) in [5, 5.41) is 0. The number of ether oxygens (including phenoxy) is 1. The van der Waals surface area contributed by atoms with E-state index in [1.165, 1.54) is 12.0 Å². The normalized spacial score (nSPS) is 10.3. The molecule has 0 aliphatic carbocycles. The van der Waals surface area contributed by atoms with Crippen molar-refractivity contribution in [1.82, 2.24) is 4.90 Å². The predicted molar refractivity (Wildman–Crippen MR) is 69.4 cm³/mol. The van der Waals surface area contributed by atoms with Crippen LogP contribution in [0.5, 0.6) is 0 Å². The Morgan fingerprint density at radius 3 is 2.50 bits per heavy atom. The lowest BCUT2D eigenvalue weighted by Gasteiger charge is -2.25. The largest absolute Gasteiger partial charge is 0.468 e. The molecule has 1 aromatic carbocycles. The molecule has 0 heterocycles. The fraction of sp³-hybridized carbons (Fsp3) is 0.429. The van der Waals surface area contributed by atoms with Gasteiger partial charge in [-0.3, -0.25) is 9.59 Å². The maximum absolute atomic E-state index is 12.3. The van der Waals surface area contributed by atoms with Gasteiger partial charge in [-0.15, -0.1) is 0 Å². The van der Waals surface area contributed by atoms with Crippen molar-refractivity contribution in [2.75, 3.05) is 13.7 Å². The number of nitrogens with zero attached hydrogens (tertiary/aromatic N) is 1. The van der Waals surface area contributed by atoms with Gasteiger partial charge in [0.15, 0.2) is 0 Å². The molecule has 0 saturated carbocycles. The van der Waals surface area contributed by atoms with Crippen molar-refractivity contribution in [3.63, 3.8) is 0 Å². The fourth-order valence-corrected chi connectivity index (χ4v) is 1.64. The summed E-state index contributed by atoms with van der Waals surface area (Å²) in [6, 6.07) is 7.27. The molecule has 98 valence electrons. The van der Waals surface area contributed by atoms with E-state index in [2.05, 4.69) is 4.74 Å². The van der Waals surface area contributed by atoms with Gasteiger partial charge in [-0.1, -0.05) is 17.7 Å². The van der Waals surface area contributed by atoms with Crippen LogP contribution in [0.4, 0.5) is 0 Å². The van der Waals surface area contributed by atoms with Crippen LogP contribution < -0.4 is 0 Å². The zero-order chi connectivity index (χ0) is 13.7. The number of esters is 1. The Kier molecular flexibility index (Phi) is 4.89. The maximum atomic E-state index is 12.3. The smallest absolute Gasteiger partial charge is 0.325 e. The first-order chi connectivity index (χ1) is 8.45. The van der Waals surface area contributed by atoms with Gasteiger partial charge in [0.05, 0.1) is 7.11 Å². The summed E-state index contributed by atoms with van der Waals surface area (Å²) in [4.78, 5) is 25.1. The van der Waals surface area contributed by atoms with E-state index < -0.39 is 5.97 Å². The van der Waals surface area contributed by atoms with Crippen LogP contribution in [0.15, 0.2) is 24.3 Å². The minimum absolute atomic E-state index is 0.0268. The summed E-state index contributed by atoms with van der Waals surface area (Å²) in [7, 11) is 1.32. The van der Waals surface area contributed by atoms with Crippen molar-refractivity contribution in [2.45, 2.75) is 26.8 Å². The average Bonchev–Trinajstić information content (AvgIpc) is 2.34. The molecule has 0 aliphatic rings. The van der Waals surface area contributed by atoms with Crippen LogP contribution in [-0.4, -0.2) is 36.5 Å². The standard InChI is InChI=1S/C14H19NO3/c1-10(2)15(9-13(16)18-4)14(17)12-7-5-6-11(3)8-12/h5-8,10H,9H2,1-4H3. The highest BCUT2D eigenvalue weighted by Crippen LogP contribution is 2.10. The highest BCUT2D eigenvalue weighted by Gasteiger charge is 2.21. The molecular weight excluding hydrogens is 230 g/mol. The van der Waals surface area contributed by atoms with Gasteiger partial charge in [0.1, 0.15) is 6.54 Å². The monoisotopic (exact) mass is 249 g/mol. The van der Waals surface area contributed by atoms with E-state index >= 15 is 0 Å². The molecule has 0 radical (unpaired) electrons. The molecule has 0 atom stereocenters. The highest BCUT2D eigenvalue weighted by atomic mass is 16.5. The van der Waals surface area contributed by atoms with Crippen molar-refractivity contribution in [3.05, 3.63) is 35.4 Å². The Hall–Kier alpha value is -1.84. The molecule has 0 saturated heterocycles. The van der Waals surface area contributed by atoms with Crippen molar-refractivity contribution in [2.24, 2.45) is 0 Å². The van der Waals surface area contributed by atoms with E-state index in [9.17, 15) is 9.59 Å². The summed E-state index contributed by atoms with van der Waals surface area (Å²) in [6.45, 7) is 5.64. The number of carbonyl (C=O) groups excluding carboxylic acids is 2. The second-order valence-corrected chi connectivity index (χ2v) is 4.47. The van der Waals surface area contributed by atoms with E-state index in [0.717, 1.165) is 5.56 Å². The zero-order valence-electron chi connectivity index (χ0n) is 11.3. The van der Waals surface area contributed by atoms with Gasteiger partial charge in [0.2, 0.25) is 0 Å². The molecule has 0 N–H and O–H groups in total. The quantitative estimate of drug-likeness (QED) is 0.767. The van der Waals surface area contributed by atoms with Gasteiger partial charge in [-0.2, -0.15) is 0 Å². The minimum Gasteiger partial charge on any atom is -0.468 e. The molecule has 4 nitrogen and oxygen atoms in total. The molecule has 0 aliphatic heterocycles. The van der Waals surface area contributed by atoms with E-state index in [1.54, 1.807) is 6.07 Å². The van der Waals surface area contributed by atoms with Crippen LogP contribution in [0.25, 0.3) is 0 Å². The molecule has 1 rings (SSSR count). The van der Waals surface area contributed by atoms with Crippen LogP contribution in [0.3, 0.4) is 0 Å². The van der Waals surface area contributed by atoms with Gasteiger partial charge in [0, 0.05) is 11.6 Å². The summed E-state index contributed by atoms with van der Waals surface area (Å²) in [5.41, 5.74) is 1.61. The Balaban J connectivity index is 2.93. The summed E-state index contributed by atoms with van der Waals surface area (Å²) in [5.74, 6) is -0.566. The first kappa shape index (κ1) is 14.2. The van der Waals surface area contributed by atoms with Crippen LogP contribution in [0.1, 0.15) is 29.8 Å². The third-order valence-electron chi connectivity index (χ3n) is 2.68. The molecule has 18 heavy (non-hydrogen) atoms. The van der Waals surface area contributed by atoms with Crippen LogP contribution >= 0.6 is 0 Å². The predicted octanol–water partition coefficient (Wildman–Crippen LogP) is 2.02. The topological polar surface area (TPSA) is 46.6 Å². The molecule has 1 aromatic rings. The minimum atomic E-state index is -0.412. The van der Waals surface area contributed by atoms with Crippen molar-refractivity contribution in [1.29, 1.82) is 0 Å². The van der Waals surface area contributed by atoms with Gasteiger partial charge < -0.3 is 9.64 Å². The third-order valence-corrected chi connectivity index (χ3v) is 2.68. The van der Waals surface area contributed by atoms with Gasteiger partial charge in [-0.05, 0) is 32.9 Å². The van der Waals surface area contributed by atoms with Gasteiger partial charge >= 0.3 is 5.97 Å². The highest BCUT2D eigenvalue weighted by molar-refractivity contribution is 5.96. The number of amides is 1. The Labute approximate surface area is 108 Å². The van der Waals surface area contributed by atoms with Crippen LogP contribution in [0, 0.1) is 6.92 Å². The Morgan fingerprint density at radius 2 is 2.00 bits per heavy atom. The first-order valence-electron chi connectivity index (χ1n) is 5.90. The average molecular weight is 249 g/mol. The molecule has 0 unspecified atom stereocenters. The fourth-order valence-electron chi connectivity index (χ4n) is 1.64. The van der Waals surface area contributed by atoms with Gasteiger partial charge in [-0.25, -0.2) is 0 Å². The lowest BCUT2D eigenvalue weighted by atomic mass is 10.1. The molecule has 0 spiro atoms. The lowest BCUT2D eigenvalue weighted by molar-refractivity contribution is -0.141. The van der Waals surface area contributed by atoms with E-state index in [1.807, 2.05) is 39.0 Å². The van der Waals surface area contributed by atoms with Crippen molar-refractivity contribution in [3.8, 4) is 0 Å². The number of methoxy groups -OCH3 is 1. The SMILES string of the molecule is COC(=O)CN(C(=O)c1cccc(C)c1)C(C)C. The molecule has 1 amide bonds. The van der Waals surface area contributed by atoms with E-state index in [-0.39, 0.29) is 18.5 Å². The van der Waals surface area contributed by atoms with Crippen molar-refractivity contribution < 1.29 is 14.3 Å². The molecule has 4 heteroatoms. The summed E-state index contributed by atoms with van der Waals surface area (Å²) < 4.78 is 4.61. The van der Waals surface area contributed by atoms with E-state index in [0.29, 0.717) is 5.56 Å². The number of carbonyl (C=O) groups is 2.